The molecule has 0 atom stereocenters. The summed E-state index contributed by atoms with van der Waals surface area (Å²) in [5.41, 5.74) is 1.80. The van der Waals surface area contributed by atoms with Crippen LogP contribution in [0.4, 0.5) is 5.69 Å². The van der Waals surface area contributed by atoms with Crippen molar-refractivity contribution >= 4 is 29.3 Å². The highest BCUT2D eigenvalue weighted by molar-refractivity contribution is 6.31. The number of ether oxygens (including phenoxy) is 4. The van der Waals surface area contributed by atoms with Crippen LogP contribution in [0.1, 0.15) is 11.1 Å². The number of anilines is 1. The van der Waals surface area contributed by atoms with E-state index in [1.807, 2.05) is 24.3 Å². The number of methoxy groups -OCH3 is 3. The summed E-state index contributed by atoms with van der Waals surface area (Å²) in [7, 11) is 4.67. The molecule has 0 aliphatic carbocycles. The van der Waals surface area contributed by atoms with Crippen LogP contribution in [0, 0.1) is 11.3 Å². The molecule has 34 heavy (non-hydrogen) atoms. The van der Waals surface area contributed by atoms with E-state index in [0.717, 1.165) is 5.56 Å². The lowest BCUT2D eigenvalue weighted by molar-refractivity contribution is -0.112. The first kappa shape index (κ1) is 24.5. The van der Waals surface area contributed by atoms with Crippen molar-refractivity contribution in [1.82, 2.24) is 0 Å². The lowest BCUT2D eigenvalue weighted by Crippen LogP contribution is -2.14. The first-order chi connectivity index (χ1) is 16.5. The normalized spacial score (nSPS) is 10.7. The van der Waals surface area contributed by atoms with E-state index >= 15 is 0 Å². The largest absolute Gasteiger partial charge is 0.497 e. The third-order valence-electron chi connectivity index (χ3n) is 4.85. The van der Waals surface area contributed by atoms with Gasteiger partial charge in [-0.1, -0.05) is 23.7 Å². The maximum Gasteiger partial charge on any atom is 0.266 e. The van der Waals surface area contributed by atoms with Crippen LogP contribution in [0.5, 0.6) is 23.0 Å². The summed E-state index contributed by atoms with van der Waals surface area (Å²) < 4.78 is 21.7. The fourth-order valence-electron chi connectivity index (χ4n) is 3.10. The van der Waals surface area contributed by atoms with Gasteiger partial charge in [-0.05, 0) is 60.2 Å². The molecule has 0 saturated heterocycles. The van der Waals surface area contributed by atoms with Gasteiger partial charge in [0.15, 0.2) is 0 Å². The lowest BCUT2D eigenvalue weighted by Gasteiger charge is -2.12. The molecule has 0 aromatic heterocycles. The minimum atomic E-state index is -0.575. The van der Waals surface area contributed by atoms with Crippen LogP contribution < -0.4 is 24.3 Å². The van der Waals surface area contributed by atoms with Gasteiger partial charge in [-0.15, -0.1) is 0 Å². The van der Waals surface area contributed by atoms with Crippen LogP contribution in [0.15, 0.2) is 66.2 Å². The maximum absolute atomic E-state index is 12.6. The van der Waals surface area contributed by atoms with E-state index in [2.05, 4.69) is 5.32 Å². The Morgan fingerprint density at radius 2 is 1.62 bits per heavy atom. The van der Waals surface area contributed by atoms with Crippen molar-refractivity contribution in [3.63, 3.8) is 0 Å². The van der Waals surface area contributed by atoms with Crippen LogP contribution in [0.3, 0.4) is 0 Å². The van der Waals surface area contributed by atoms with Crippen molar-refractivity contribution in [1.29, 1.82) is 5.26 Å². The first-order valence-electron chi connectivity index (χ1n) is 10.2. The van der Waals surface area contributed by atoms with E-state index in [-0.39, 0.29) is 12.2 Å². The Morgan fingerprint density at radius 3 is 2.26 bits per heavy atom. The van der Waals surface area contributed by atoms with Crippen molar-refractivity contribution in [2.45, 2.75) is 6.61 Å². The molecule has 3 aromatic carbocycles. The number of hydrogen-bond donors (Lipinski definition) is 1. The Bertz CT molecular complexity index is 1230. The summed E-state index contributed by atoms with van der Waals surface area (Å²) >= 11 is 6.00. The number of halogens is 1. The topological polar surface area (TPSA) is 89.8 Å². The van der Waals surface area contributed by atoms with Crippen molar-refractivity contribution in [2.24, 2.45) is 0 Å². The summed E-state index contributed by atoms with van der Waals surface area (Å²) in [5, 5.41) is 12.6. The number of benzene rings is 3. The van der Waals surface area contributed by atoms with Gasteiger partial charge >= 0.3 is 0 Å². The molecule has 0 unspecified atom stereocenters. The highest BCUT2D eigenvalue weighted by atomic mass is 35.5. The van der Waals surface area contributed by atoms with Crippen LogP contribution in [0.25, 0.3) is 6.08 Å². The number of nitrogens with one attached hydrogen (secondary N) is 1. The van der Waals surface area contributed by atoms with E-state index in [0.29, 0.717) is 39.3 Å². The zero-order chi connectivity index (χ0) is 24.5. The molecule has 174 valence electrons. The maximum atomic E-state index is 12.6. The van der Waals surface area contributed by atoms with E-state index in [1.54, 1.807) is 56.7 Å². The molecular weight excluding hydrogens is 456 g/mol. The predicted octanol–water partition coefficient (Wildman–Crippen LogP) is 5.49. The Kier molecular flexibility index (Phi) is 8.38. The summed E-state index contributed by atoms with van der Waals surface area (Å²) in [6.07, 6.45) is 1.49. The van der Waals surface area contributed by atoms with Gasteiger partial charge in [-0.3, -0.25) is 4.79 Å². The number of rotatable bonds is 9. The summed E-state index contributed by atoms with van der Waals surface area (Å²) in [6.45, 7) is 0.281. The Hall–Kier alpha value is -4.15. The highest BCUT2D eigenvalue weighted by Gasteiger charge is 2.13. The zero-order valence-electron chi connectivity index (χ0n) is 18.9. The van der Waals surface area contributed by atoms with Gasteiger partial charge in [0.05, 0.1) is 27.0 Å². The molecule has 0 heterocycles. The van der Waals surface area contributed by atoms with E-state index in [4.69, 9.17) is 30.5 Å². The average Bonchev–Trinajstić information content (AvgIpc) is 2.86. The van der Waals surface area contributed by atoms with Gasteiger partial charge in [-0.25, -0.2) is 0 Å². The number of nitriles is 1. The SMILES string of the molecule is COc1ccc(OC)c(COc2ccc(/C=C(\C#N)C(=O)Nc3cc(Cl)ccc3OC)cc2)c1. The minimum Gasteiger partial charge on any atom is -0.497 e. The lowest BCUT2D eigenvalue weighted by atomic mass is 10.1. The predicted molar refractivity (Wildman–Crippen MR) is 131 cm³/mol. The highest BCUT2D eigenvalue weighted by Crippen LogP contribution is 2.28. The summed E-state index contributed by atoms with van der Waals surface area (Å²) in [4.78, 5) is 12.6. The molecule has 0 radical (unpaired) electrons. The molecule has 8 heteroatoms. The van der Waals surface area contributed by atoms with Crippen molar-refractivity contribution in [2.75, 3.05) is 26.6 Å². The van der Waals surface area contributed by atoms with Crippen LogP contribution >= 0.6 is 11.6 Å². The number of carbonyl (C=O) groups is 1. The number of amides is 1. The molecule has 3 aromatic rings. The van der Waals surface area contributed by atoms with Crippen LogP contribution in [0.2, 0.25) is 5.02 Å². The van der Waals surface area contributed by atoms with Crippen molar-refractivity contribution in [3.05, 3.63) is 82.4 Å². The second-order valence-corrected chi connectivity index (χ2v) is 7.44. The van der Waals surface area contributed by atoms with Crippen LogP contribution in [-0.4, -0.2) is 27.2 Å². The zero-order valence-corrected chi connectivity index (χ0v) is 19.7. The fourth-order valence-corrected chi connectivity index (χ4v) is 3.27. The monoisotopic (exact) mass is 478 g/mol. The van der Waals surface area contributed by atoms with Crippen LogP contribution in [-0.2, 0) is 11.4 Å². The Labute approximate surface area is 203 Å². The first-order valence-corrected chi connectivity index (χ1v) is 10.6. The van der Waals surface area contributed by atoms with Gasteiger partial charge in [0.25, 0.3) is 5.91 Å². The van der Waals surface area contributed by atoms with Crippen molar-refractivity contribution < 1.29 is 23.7 Å². The molecule has 0 bridgehead atoms. The number of nitrogens with zero attached hydrogens (tertiary/aromatic N) is 1. The molecule has 0 spiro atoms. The standard InChI is InChI=1S/C26H23ClN2O5/c1-31-22-9-11-24(32-2)19(13-22)16-34-21-7-4-17(5-8-21)12-18(15-28)26(30)29-23-14-20(27)6-10-25(23)33-3/h4-14H,16H2,1-3H3,(H,29,30)/b18-12+. The van der Waals surface area contributed by atoms with Gasteiger partial charge in [-0.2, -0.15) is 5.26 Å². The van der Waals surface area contributed by atoms with Gasteiger partial charge < -0.3 is 24.3 Å². The van der Waals surface area contributed by atoms with Gasteiger partial charge in [0, 0.05) is 10.6 Å². The molecular formula is C26H23ClN2O5. The second-order valence-electron chi connectivity index (χ2n) is 7.00. The Morgan fingerprint density at radius 1 is 0.941 bits per heavy atom. The number of carbonyl (C=O) groups excluding carboxylic acids is 1. The Balaban J connectivity index is 1.70. The van der Waals surface area contributed by atoms with E-state index < -0.39 is 5.91 Å². The quantitative estimate of drug-likeness (QED) is 0.323. The molecule has 0 aliphatic heterocycles. The molecule has 0 saturated carbocycles. The van der Waals surface area contributed by atoms with Crippen molar-refractivity contribution in [3.8, 4) is 29.1 Å². The van der Waals surface area contributed by atoms with E-state index in [9.17, 15) is 10.1 Å². The summed E-state index contributed by atoms with van der Waals surface area (Å²) in [6, 6.07) is 19.3. The van der Waals surface area contributed by atoms with Gasteiger partial charge in [0.2, 0.25) is 0 Å². The molecule has 0 fully saturated rings. The van der Waals surface area contributed by atoms with Gasteiger partial charge in [0.1, 0.15) is 41.2 Å². The molecule has 1 amide bonds. The second kappa shape index (κ2) is 11.6. The molecule has 3 rings (SSSR count). The smallest absolute Gasteiger partial charge is 0.266 e. The third kappa shape index (κ3) is 6.21. The third-order valence-corrected chi connectivity index (χ3v) is 5.08. The molecule has 0 aliphatic rings. The number of hydrogen-bond acceptors (Lipinski definition) is 6. The molecule has 7 nitrogen and oxygen atoms in total. The minimum absolute atomic E-state index is 0.0724. The summed E-state index contributed by atoms with van der Waals surface area (Å²) in [5.74, 6) is 1.88. The average molecular weight is 479 g/mol. The van der Waals surface area contributed by atoms with E-state index in [1.165, 1.54) is 13.2 Å². The molecule has 1 N–H and O–H groups in total. The fraction of sp³-hybridized carbons (Fsp3) is 0.154.